The number of aromatic amines is 1. The lowest BCUT2D eigenvalue weighted by Gasteiger charge is -2.11. The number of H-pyrrole nitrogens is 1. The summed E-state index contributed by atoms with van der Waals surface area (Å²) in [5.74, 6) is -1.99. The molecular weight excluding hydrogens is 489 g/mol. The molecule has 1 amide bonds. The highest BCUT2D eigenvalue weighted by atomic mass is 35.5. The first-order valence-corrected chi connectivity index (χ1v) is 9.87. The van der Waals surface area contributed by atoms with E-state index in [1.165, 1.54) is 61.1 Å². The molecule has 0 saturated carbocycles. The van der Waals surface area contributed by atoms with Crippen LogP contribution in [-0.4, -0.2) is 15.9 Å². The van der Waals surface area contributed by atoms with Crippen LogP contribution in [0.5, 0.6) is 11.5 Å². The van der Waals surface area contributed by atoms with Crippen molar-refractivity contribution in [2.45, 2.75) is 0 Å². The number of hydrogen-bond donors (Lipinski definition) is 3. The van der Waals surface area contributed by atoms with Crippen LogP contribution >= 0.6 is 24.0 Å². The molecule has 0 saturated heterocycles. The van der Waals surface area contributed by atoms with Crippen LogP contribution in [0.25, 0.3) is 11.1 Å². The summed E-state index contributed by atoms with van der Waals surface area (Å²) in [5.41, 5.74) is 5.56. The number of benzene rings is 2. The van der Waals surface area contributed by atoms with Gasteiger partial charge in [-0.15, -0.1) is 12.4 Å². The minimum atomic E-state index is -0.784. The summed E-state index contributed by atoms with van der Waals surface area (Å²) in [6.07, 6.45) is 4.00. The van der Waals surface area contributed by atoms with E-state index in [9.17, 15) is 18.4 Å². The molecule has 0 spiro atoms. The molecular formula is C23H16Cl2F2N4O3. The number of anilines is 2. The number of ether oxygens (including phenoxy) is 1. The number of nitrogen functional groups attached to an aromatic ring is 1. The lowest BCUT2D eigenvalue weighted by molar-refractivity contribution is 0.102. The topological polar surface area (TPSA) is 110 Å². The van der Waals surface area contributed by atoms with Crippen molar-refractivity contribution in [2.24, 2.45) is 0 Å². The highest BCUT2D eigenvalue weighted by Gasteiger charge is 2.16. The van der Waals surface area contributed by atoms with Gasteiger partial charge in [0.05, 0.1) is 0 Å². The molecule has 2 aromatic heterocycles. The summed E-state index contributed by atoms with van der Waals surface area (Å²) in [6.45, 7) is 0. The van der Waals surface area contributed by atoms with E-state index < -0.39 is 23.0 Å². The number of aromatic nitrogens is 2. The maximum atomic E-state index is 14.6. The van der Waals surface area contributed by atoms with Gasteiger partial charge in [-0.2, -0.15) is 0 Å². The number of nitrogens with zero attached hydrogens (tertiary/aromatic N) is 1. The Labute approximate surface area is 203 Å². The predicted molar refractivity (Wildman–Crippen MR) is 128 cm³/mol. The van der Waals surface area contributed by atoms with Gasteiger partial charge in [0.15, 0.2) is 17.3 Å². The summed E-state index contributed by atoms with van der Waals surface area (Å²) in [6, 6.07) is 10.4. The zero-order valence-corrected chi connectivity index (χ0v) is 18.7. The molecule has 174 valence electrons. The average molecular weight is 505 g/mol. The van der Waals surface area contributed by atoms with Gasteiger partial charge in [0.25, 0.3) is 5.91 Å². The summed E-state index contributed by atoms with van der Waals surface area (Å²) in [4.78, 5) is 32.0. The summed E-state index contributed by atoms with van der Waals surface area (Å²) in [7, 11) is 0. The monoisotopic (exact) mass is 504 g/mol. The number of pyridine rings is 2. The Morgan fingerprint density at radius 3 is 2.50 bits per heavy atom. The van der Waals surface area contributed by atoms with Crippen molar-refractivity contribution in [2.75, 3.05) is 11.1 Å². The van der Waals surface area contributed by atoms with Crippen molar-refractivity contribution in [3.05, 3.63) is 99.6 Å². The molecule has 4 aromatic rings. The molecule has 0 atom stereocenters. The van der Waals surface area contributed by atoms with Crippen LogP contribution in [0.4, 0.5) is 20.3 Å². The fourth-order valence-electron chi connectivity index (χ4n) is 3.00. The number of carbonyl (C=O) groups excluding carboxylic acids is 1. The molecule has 4 N–H and O–H groups in total. The van der Waals surface area contributed by atoms with Crippen molar-refractivity contribution in [1.29, 1.82) is 0 Å². The highest BCUT2D eigenvalue weighted by molar-refractivity contribution is 6.34. The van der Waals surface area contributed by atoms with Gasteiger partial charge >= 0.3 is 0 Å². The third-order valence-corrected chi connectivity index (χ3v) is 5.01. The van der Waals surface area contributed by atoms with Crippen LogP contribution in [0, 0.1) is 11.6 Å². The van der Waals surface area contributed by atoms with Crippen molar-refractivity contribution in [3.63, 3.8) is 0 Å². The Morgan fingerprint density at radius 2 is 1.79 bits per heavy atom. The lowest BCUT2D eigenvalue weighted by Crippen LogP contribution is -2.22. The molecule has 11 heteroatoms. The number of halogens is 4. The van der Waals surface area contributed by atoms with Crippen LogP contribution in [0.3, 0.4) is 0 Å². The molecule has 0 unspecified atom stereocenters. The van der Waals surface area contributed by atoms with Crippen LogP contribution < -0.4 is 21.2 Å². The third-order valence-electron chi connectivity index (χ3n) is 4.63. The first-order chi connectivity index (χ1) is 15.8. The number of amides is 1. The van der Waals surface area contributed by atoms with Gasteiger partial charge in [-0.1, -0.05) is 23.7 Å². The standard InChI is InChI=1S/C23H15ClF2N4O3.ClH/c24-20-19(7-8-29-22(20)27)33-18-6-5-14(9-17(18)26)30-23(32)16-11-28-10-15(21(16)31)12-1-3-13(25)4-2-12;/h1-11H,(H2,27,29)(H,28,31)(H,30,32);1H. The van der Waals surface area contributed by atoms with E-state index in [1.54, 1.807) is 0 Å². The van der Waals surface area contributed by atoms with E-state index in [0.29, 0.717) is 5.56 Å². The van der Waals surface area contributed by atoms with Gasteiger partial charge < -0.3 is 20.8 Å². The second-order valence-corrected chi connectivity index (χ2v) is 7.21. The van der Waals surface area contributed by atoms with Gasteiger partial charge in [0.1, 0.15) is 22.2 Å². The zero-order chi connectivity index (χ0) is 23.5. The van der Waals surface area contributed by atoms with Gasteiger partial charge in [-0.3, -0.25) is 9.59 Å². The van der Waals surface area contributed by atoms with Gasteiger partial charge in [-0.25, -0.2) is 13.8 Å². The van der Waals surface area contributed by atoms with E-state index in [-0.39, 0.29) is 51.6 Å². The molecule has 0 fully saturated rings. The first kappa shape index (κ1) is 24.7. The molecule has 0 aliphatic carbocycles. The minimum Gasteiger partial charge on any atom is -0.453 e. The Morgan fingerprint density at radius 1 is 1.06 bits per heavy atom. The number of nitrogens with two attached hydrogens (primary N) is 1. The number of hydrogen-bond acceptors (Lipinski definition) is 5. The molecule has 0 aliphatic heterocycles. The fourth-order valence-corrected chi connectivity index (χ4v) is 3.15. The zero-order valence-electron chi connectivity index (χ0n) is 17.1. The Hall–Kier alpha value is -3.95. The summed E-state index contributed by atoms with van der Waals surface area (Å²) in [5, 5.41) is 2.51. The number of nitrogens with one attached hydrogen (secondary N) is 2. The van der Waals surface area contributed by atoms with E-state index in [2.05, 4.69) is 15.3 Å². The molecule has 0 bridgehead atoms. The smallest absolute Gasteiger partial charge is 0.261 e. The second-order valence-electron chi connectivity index (χ2n) is 6.83. The molecule has 34 heavy (non-hydrogen) atoms. The van der Waals surface area contributed by atoms with Crippen molar-refractivity contribution in [1.82, 2.24) is 9.97 Å². The maximum Gasteiger partial charge on any atom is 0.261 e. The van der Waals surface area contributed by atoms with Crippen LogP contribution in [0.1, 0.15) is 10.4 Å². The lowest BCUT2D eigenvalue weighted by atomic mass is 10.0. The van der Waals surface area contributed by atoms with Gasteiger partial charge in [-0.05, 0) is 29.8 Å². The SMILES string of the molecule is Cl.Nc1nccc(Oc2ccc(NC(=O)c3c[nH]cc(-c4ccc(F)cc4)c3=O)cc2F)c1Cl. The maximum absolute atomic E-state index is 14.6. The second kappa shape index (κ2) is 10.3. The van der Waals surface area contributed by atoms with Crippen molar-refractivity contribution in [3.8, 4) is 22.6 Å². The minimum absolute atomic E-state index is 0. The highest BCUT2D eigenvalue weighted by Crippen LogP contribution is 2.33. The first-order valence-electron chi connectivity index (χ1n) is 9.49. The van der Waals surface area contributed by atoms with Crippen molar-refractivity contribution < 1.29 is 18.3 Å². The van der Waals surface area contributed by atoms with Crippen molar-refractivity contribution >= 4 is 41.4 Å². The van der Waals surface area contributed by atoms with E-state index in [0.717, 1.165) is 6.07 Å². The van der Waals surface area contributed by atoms with Crippen LogP contribution in [0.2, 0.25) is 5.02 Å². The molecule has 7 nitrogen and oxygen atoms in total. The quantitative estimate of drug-likeness (QED) is 0.336. The van der Waals surface area contributed by atoms with Gasteiger partial charge in [0.2, 0.25) is 5.43 Å². The third kappa shape index (κ3) is 5.16. The summed E-state index contributed by atoms with van der Waals surface area (Å²) < 4.78 is 33.2. The van der Waals surface area contributed by atoms with Crippen LogP contribution in [0.15, 0.2) is 71.9 Å². The normalized spacial score (nSPS) is 10.3. The Kier molecular flexibility index (Phi) is 7.50. The molecule has 2 aromatic carbocycles. The largest absolute Gasteiger partial charge is 0.453 e. The van der Waals surface area contributed by atoms with E-state index in [1.807, 2.05) is 0 Å². The van der Waals surface area contributed by atoms with E-state index >= 15 is 0 Å². The molecule has 0 radical (unpaired) electrons. The fraction of sp³-hybridized carbons (Fsp3) is 0. The van der Waals surface area contributed by atoms with Gasteiger partial charge in [0, 0.05) is 42.0 Å². The Bertz CT molecular complexity index is 1410. The predicted octanol–water partition coefficient (Wildman–Crippen LogP) is 5.42. The summed E-state index contributed by atoms with van der Waals surface area (Å²) >= 11 is 6.00. The van der Waals surface area contributed by atoms with Crippen LogP contribution in [-0.2, 0) is 0 Å². The Balaban J connectivity index is 0.00000324. The number of rotatable bonds is 5. The molecule has 2 heterocycles. The van der Waals surface area contributed by atoms with E-state index in [4.69, 9.17) is 22.1 Å². The molecule has 0 aliphatic rings. The number of carbonyl (C=O) groups is 1. The molecule has 4 rings (SSSR count). The average Bonchev–Trinajstić information content (AvgIpc) is 2.79.